The second-order valence-electron chi connectivity index (χ2n) is 4.57. The number of nitrogens with zero attached hydrogens (tertiary/aromatic N) is 4. The fourth-order valence-electron chi connectivity index (χ4n) is 1.77. The molecule has 0 aliphatic carbocycles. The zero-order valence-corrected chi connectivity index (χ0v) is 11.9. The van der Waals surface area contributed by atoms with Crippen molar-refractivity contribution in [2.24, 2.45) is 0 Å². The number of likely N-dealkylation sites (N-methyl/N-ethyl adjacent to an activating group) is 1. The Labute approximate surface area is 113 Å². The molecule has 0 radical (unpaired) electrons. The summed E-state index contributed by atoms with van der Waals surface area (Å²) in [4.78, 5) is 13.3. The summed E-state index contributed by atoms with van der Waals surface area (Å²) in [6, 6.07) is 1.93. The number of thioether (sulfide) groups is 1. The zero-order chi connectivity index (χ0) is 12.8. The third-order valence-corrected chi connectivity index (χ3v) is 3.74. The Morgan fingerprint density at radius 2 is 2.17 bits per heavy atom. The Balaban J connectivity index is 1.91. The van der Waals surface area contributed by atoms with Gasteiger partial charge in [-0.2, -0.15) is 16.7 Å². The first-order valence-corrected chi connectivity index (χ1v) is 7.45. The van der Waals surface area contributed by atoms with Gasteiger partial charge in [0, 0.05) is 43.9 Å². The van der Waals surface area contributed by atoms with E-state index in [0.29, 0.717) is 0 Å². The molecule has 100 valence electrons. The summed E-state index contributed by atoms with van der Waals surface area (Å²) in [6.45, 7) is 4.00. The molecule has 0 amide bonds. The van der Waals surface area contributed by atoms with E-state index in [1.165, 1.54) is 11.5 Å². The predicted molar refractivity (Wildman–Crippen MR) is 78.6 cm³/mol. The van der Waals surface area contributed by atoms with Gasteiger partial charge in [0.05, 0.1) is 0 Å². The van der Waals surface area contributed by atoms with Gasteiger partial charge in [-0.3, -0.25) is 0 Å². The fourth-order valence-corrected chi connectivity index (χ4v) is 2.67. The van der Waals surface area contributed by atoms with Gasteiger partial charge in [-0.1, -0.05) is 0 Å². The van der Waals surface area contributed by atoms with Crippen molar-refractivity contribution in [3.8, 4) is 0 Å². The molecule has 1 aliphatic heterocycles. The number of anilines is 2. The van der Waals surface area contributed by atoms with Gasteiger partial charge in [-0.15, -0.1) is 0 Å². The summed E-state index contributed by atoms with van der Waals surface area (Å²) in [7, 11) is 4.14. The highest BCUT2D eigenvalue weighted by Gasteiger charge is 2.13. The van der Waals surface area contributed by atoms with E-state index in [0.717, 1.165) is 37.9 Å². The molecular formula is C12H21N5S. The molecule has 0 atom stereocenters. The Bertz CT molecular complexity index is 365. The number of hydrogen-bond donors (Lipinski definition) is 1. The van der Waals surface area contributed by atoms with Crippen LogP contribution in [-0.4, -0.2) is 66.6 Å². The normalized spacial score (nSPS) is 16.1. The maximum absolute atomic E-state index is 4.57. The number of rotatable bonds is 5. The summed E-state index contributed by atoms with van der Waals surface area (Å²) >= 11 is 2.00. The molecule has 6 heteroatoms. The van der Waals surface area contributed by atoms with Crippen LogP contribution in [0, 0.1) is 0 Å². The summed E-state index contributed by atoms with van der Waals surface area (Å²) in [5.41, 5.74) is 0. The van der Waals surface area contributed by atoms with Crippen molar-refractivity contribution >= 4 is 23.5 Å². The lowest BCUT2D eigenvalue weighted by Gasteiger charge is -2.26. The van der Waals surface area contributed by atoms with Crippen LogP contribution in [0.4, 0.5) is 11.8 Å². The molecule has 2 rings (SSSR count). The van der Waals surface area contributed by atoms with E-state index in [9.17, 15) is 0 Å². The monoisotopic (exact) mass is 267 g/mol. The van der Waals surface area contributed by atoms with Crippen LogP contribution in [0.25, 0.3) is 0 Å². The smallest absolute Gasteiger partial charge is 0.227 e. The molecule has 1 aromatic rings. The molecule has 1 aliphatic rings. The first-order valence-electron chi connectivity index (χ1n) is 6.30. The van der Waals surface area contributed by atoms with Crippen molar-refractivity contribution in [3.63, 3.8) is 0 Å². The number of hydrogen-bond acceptors (Lipinski definition) is 6. The van der Waals surface area contributed by atoms with E-state index in [2.05, 4.69) is 39.2 Å². The van der Waals surface area contributed by atoms with Gasteiger partial charge in [0.2, 0.25) is 5.95 Å². The first-order chi connectivity index (χ1) is 8.75. The maximum atomic E-state index is 4.57. The third-order valence-electron chi connectivity index (χ3n) is 2.80. The van der Waals surface area contributed by atoms with E-state index in [4.69, 9.17) is 0 Å². The molecule has 1 N–H and O–H groups in total. The van der Waals surface area contributed by atoms with E-state index >= 15 is 0 Å². The molecule has 18 heavy (non-hydrogen) atoms. The highest BCUT2D eigenvalue weighted by atomic mass is 32.2. The van der Waals surface area contributed by atoms with Crippen LogP contribution in [-0.2, 0) is 0 Å². The summed E-state index contributed by atoms with van der Waals surface area (Å²) in [6.07, 6.45) is 1.84. The van der Waals surface area contributed by atoms with Gasteiger partial charge in [0.15, 0.2) is 0 Å². The molecule has 0 bridgehead atoms. The number of nitrogens with one attached hydrogen (secondary N) is 1. The van der Waals surface area contributed by atoms with Gasteiger partial charge in [-0.05, 0) is 20.2 Å². The van der Waals surface area contributed by atoms with Crippen LogP contribution in [0.5, 0.6) is 0 Å². The third kappa shape index (κ3) is 4.03. The van der Waals surface area contributed by atoms with E-state index in [-0.39, 0.29) is 0 Å². The molecule has 1 saturated heterocycles. The molecule has 0 spiro atoms. The van der Waals surface area contributed by atoms with Gasteiger partial charge < -0.3 is 15.1 Å². The van der Waals surface area contributed by atoms with Crippen molar-refractivity contribution in [1.82, 2.24) is 14.9 Å². The first kappa shape index (κ1) is 13.4. The SMILES string of the molecule is CN(C)CCNc1ccnc(N2CCSCC2)n1. The Morgan fingerprint density at radius 3 is 2.89 bits per heavy atom. The van der Waals surface area contributed by atoms with E-state index < -0.39 is 0 Å². The molecule has 2 heterocycles. The average Bonchev–Trinajstić information content (AvgIpc) is 2.40. The topological polar surface area (TPSA) is 44.3 Å². The Hall–Kier alpha value is -1.01. The van der Waals surface area contributed by atoms with Crippen LogP contribution in [0.15, 0.2) is 12.3 Å². The van der Waals surface area contributed by atoms with Gasteiger partial charge in [0.25, 0.3) is 0 Å². The average molecular weight is 267 g/mol. The van der Waals surface area contributed by atoms with Crippen molar-refractivity contribution < 1.29 is 0 Å². The fraction of sp³-hybridized carbons (Fsp3) is 0.667. The minimum absolute atomic E-state index is 0.852. The molecule has 0 aromatic carbocycles. The summed E-state index contributed by atoms with van der Waals surface area (Å²) in [5, 5.41) is 3.33. The van der Waals surface area contributed by atoms with Crippen LogP contribution in [0.2, 0.25) is 0 Å². The molecule has 1 fully saturated rings. The second-order valence-corrected chi connectivity index (χ2v) is 5.80. The quantitative estimate of drug-likeness (QED) is 0.859. The van der Waals surface area contributed by atoms with E-state index in [1.54, 1.807) is 0 Å². The molecule has 5 nitrogen and oxygen atoms in total. The largest absolute Gasteiger partial charge is 0.369 e. The van der Waals surface area contributed by atoms with Crippen molar-refractivity contribution in [1.29, 1.82) is 0 Å². The highest BCUT2D eigenvalue weighted by Crippen LogP contribution is 2.16. The Morgan fingerprint density at radius 1 is 1.39 bits per heavy atom. The van der Waals surface area contributed by atoms with Crippen LogP contribution in [0.3, 0.4) is 0 Å². The van der Waals surface area contributed by atoms with Crippen LogP contribution in [0.1, 0.15) is 0 Å². The Kier molecular flexibility index (Phi) is 5.07. The minimum Gasteiger partial charge on any atom is -0.369 e. The van der Waals surface area contributed by atoms with Crippen LogP contribution >= 0.6 is 11.8 Å². The van der Waals surface area contributed by atoms with Crippen molar-refractivity contribution in [2.75, 3.05) is 62.0 Å². The molecular weight excluding hydrogens is 246 g/mol. The van der Waals surface area contributed by atoms with Gasteiger partial charge in [-0.25, -0.2) is 4.98 Å². The van der Waals surface area contributed by atoms with E-state index in [1.807, 2.05) is 24.0 Å². The molecule has 1 aromatic heterocycles. The highest BCUT2D eigenvalue weighted by molar-refractivity contribution is 7.99. The predicted octanol–water partition coefficient (Wildman–Crippen LogP) is 1.00. The van der Waals surface area contributed by atoms with Crippen LogP contribution < -0.4 is 10.2 Å². The van der Waals surface area contributed by atoms with Crippen molar-refractivity contribution in [2.45, 2.75) is 0 Å². The maximum Gasteiger partial charge on any atom is 0.227 e. The van der Waals surface area contributed by atoms with Crippen molar-refractivity contribution in [3.05, 3.63) is 12.3 Å². The van der Waals surface area contributed by atoms with Gasteiger partial charge >= 0.3 is 0 Å². The second kappa shape index (κ2) is 6.80. The molecule has 0 unspecified atom stereocenters. The lowest BCUT2D eigenvalue weighted by molar-refractivity contribution is 0.425. The van der Waals surface area contributed by atoms with Gasteiger partial charge in [0.1, 0.15) is 5.82 Å². The summed E-state index contributed by atoms with van der Waals surface area (Å²) in [5.74, 6) is 4.11. The standard InChI is InChI=1S/C12H21N5S/c1-16(2)6-5-13-11-3-4-14-12(15-11)17-7-9-18-10-8-17/h3-4H,5-10H2,1-2H3,(H,13,14,15). The zero-order valence-electron chi connectivity index (χ0n) is 11.1. The summed E-state index contributed by atoms with van der Waals surface area (Å²) < 4.78 is 0. The lowest BCUT2D eigenvalue weighted by Crippen LogP contribution is -2.34. The lowest BCUT2D eigenvalue weighted by atomic mass is 10.5. The molecule has 0 saturated carbocycles. The minimum atomic E-state index is 0.852. The number of aromatic nitrogens is 2.